The van der Waals surface area contributed by atoms with Gasteiger partial charge in [0, 0.05) is 31.5 Å². The summed E-state index contributed by atoms with van der Waals surface area (Å²) in [5, 5.41) is 9.31. The van der Waals surface area contributed by atoms with Gasteiger partial charge in [-0.05, 0) is 56.5 Å². The van der Waals surface area contributed by atoms with Crippen molar-refractivity contribution < 1.29 is 28.0 Å². The molecule has 1 unspecified atom stereocenters. The highest BCUT2D eigenvalue weighted by molar-refractivity contribution is 7.44. The van der Waals surface area contributed by atoms with Gasteiger partial charge in [-0.15, -0.1) is 0 Å². The van der Waals surface area contributed by atoms with E-state index in [9.17, 15) is 14.9 Å². The van der Waals surface area contributed by atoms with Crippen molar-refractivity contribution >= 4 is 8.53 Å². The number of hydrogen-bond acceptors (Lipinski definition) is 10. The predicted molar refractivity (Wildman–Crippen MR) is 198 cm³/mol. The van der Waals surface area contributed by atoms with E-state index in [2.05, 4.69) is 43.4 Å². The lowest BCUT2D eigenvalue weighted by atomic mass is 9.80. The Hall–Kier alpha value is -4.18. The molecule has 5 atom stereocenters. The minimum atomic E-state index is -1.75. The number of hydrogen-bond donors (Lipinski definition) is 1. The maximum atomic E-state index is 13.1. The second-order valence-corrected chi connectivity index (χ2v) is 14.3. The second-order valence-electron chi connectivity index (χ2n) is 12.9. The minimum Gasteiger partial charge on any atom is -0.497 e. The van der Waals surface area contributed by atoms with E-state index in [0.29, 0.717) is 5.75 Å². The molecule has 3 aromatic carbocycles. The summed E-state index contributed by atoms with van der Waals surface area (Å²) in [7, 11) is 1.39. The molecule has 1 aliphatic rings. The monoisotopic (exact) mass is 730 g/mol. The van der Waals surface area contributed by atoms with Crippen molar-refractivity contribution in [2.45, 2.75) is 76.3 Å². The molecule has 0 saturated carbocycles. The SMILES string of the molecule is COc1ccc(C(OC[C@H]2O[C@@H](n3ccc(=O)[nH]c3=O)[C@H](OC)[C@@H]2OP(OCCC#N)N(C(C)C)C(C)C)(c2ccccc2)c2ccccc2)cc1. The molecule has 1 aliphatic heterocycles. The van der Waals surface area contributed by atoms with Crippen molar-refractivity contribution in [3.63, 3.8) is 0 Å². The van der Waals surface area contributed by atoms with Crippen LogP contribution in [-0.2, 0) is 28.9 Å². The third-order valence-electron chi connectivity index (χ3n) is 8.88. The Balaban J connectivity index is 1.62. The summed E-state index contributed by atoms with van der Waals surface area (Å²) in [6.07, 6.45) is -1.87. The van der Waals surface area contributed by atoms with Crippen LogP contribution in [0.25, 0.3) is 0 Å². The Morgan fingerprint density at radius 3 is 2.00 bits per heavy atom. The highest BCUT2D eigenvalue weighted by atomic mass is 31.2. The molecule has 1 saturated heterocycles. The van der Waals surface area contributed by atoms with Gasteiger partial charge in [0.25, 0.3) is 14.1 Å². The number of nitrogens with one attached hydrogen (secondary N) is 1. The van der Waals surface area contributed by atoms with Crippen molar-refractivity contribution in [2.24, 2.45) is 0 Å². The number of aromatic nitrogens is 2. The number of methoxy groups -OCH3 is 2. The molecular formula is C39H47N4O8P. The highest BCUT2D eigenvalue weighted by Crippen LogP contribution is 2.51. The van der Waals surface area contributed by atoms with Crippen molar-refractivity contribution in [3.05, 3.63) is 135 Å². The number of rotatable bonds is 17. The quantitative estimate of drug-likeness (QED) is 0.0768. The van der Waals surface area contributed by atoms with Crippen molar-refractivity contribution in [1.29, 1.82) is 5.26 Å². The zero-order valence-corrected chi connectivity index (χ0v) is 31.3. The van der Waals surface area contributed by atoms with Crippen molar-refractivity contribution in [2.75, 3.05) is 27.4 Å². The van der Waals surface area contributed by atoms with Crippen LogP contribution in [0.15, 0.2) is 107 Å². The molecule has 0 amide bonds. The van der Waals surface area contributed by atoms with Gasteiger partial charge in [-0.1, -0.05) is 72.8 Å². The van der Waals surface area contributed by atoms with Crippen LogP contribution in [0.4, 0.5) is 0 Å². The third kappa shape index (κ3) is 8.54. The average molecular weight is 731 g/mol. The van der Waals surface area contributed by atoms with Gasteiger partial charge < -0.3 is 28.0 Å². The first-order chi connectivity index (χ1) is 25.1. The van der Waals surface area contributed by atoms with Crippen molar-refractivity contribution in [1.82, 2.24) is 14.2 Å². The number of ether oxygens (including phenoxy) is 4. The molecule has 52 heavy (non-hydrogen) atoms. The third-order valence-corrected chi connectivity index (χ3v) is 11.0. The van der Waals surface area contributed by atoms with Gasteiger partial charge in [0.15, 0.2) is 6.23 Å². The van der Waals surface area contributed by atoms with Crippen LogP contribution in [-0.4, -0.2) is 72.1 Å². The van der Waals surface area contributed by atoms with Crippen LogP contribution >= 0.6 is 8.53 Å². The number of nitrogens with zero attached hydrogens (tertiary/aromatic N) is 3. The normalized spacial score (nSPS) is 19.6. The molecule has 2 heterocycles. The summed E-state index contributed by atoms with van der Waals surface area (Å²) in [6.45, 7) is 8.36. The Kier molecular flexibility index (Phi) is 13.5. The Labute approximate surface area is 305 Å². The summed E-state index contributed by atoms with van der Waals surface area (Å²) in [6, 6.07) is 31.1. The van der Waals surface area contributed by atoms with E-state index in [1.165, 1.54) is 23.9 Å². The molecule has 0 spiro atoms. The first-order valence-corrected chi connectivity index (χ1v) is 18.4. The summed E-state index contributed by atoms with van der Waals surface area (Å²) in [4.78, 5) is 27.5. The molecular weight excluding hydrogens is 683 g/mol. The fraction of sp³-hybridized carbons (Fsp3) is 0.410. The van der Waals surface area contributed by atoms with Crippen LogP contribution in [0, 0.1) is 11.3 Å². The topological polar surface area (TPSA) is 137 Å². The van der Waals surface area contributed by atoms with Crippen molar-refractivity contribution in [3.8, 4) is 11.8 Å². The van der Waals surface area contributed by atoms with Gasteiger partial charge in [0.05, 0.1) is 32.8 Å². The average Bonchev–Trinajstić information content (AvgIpc) is 3.49. The maximum Gasteiger partial charge on any atom is 0.330 e. The summed E-state index contributed by atoms with van der Waals surface area (Å²) in [5.41, 5.74) is 0.312. The predicted octanol–water partition coefficient (Wildman–Crippen LogP) is 6.13. The lowest BCUT2D eigenvalue weighted by molar-refractivity contribution is -0.0957. The Bertz CT molecular complexity index is 1820. The first kappa shape index (κ1) is 39.0. The fourth-order valence-corrected chi connectivity index (χ4v) is 8.37. The van der Waals surface area contributed by atoms with Crippen LogP contribution < -0.4 is 16.0 Å². The van der Waals surface area contributed by atoms with Crippen LogP contribution in [0.5, 0.6) is 5.75 Å². The highest BCUT2D eigenvalue weighted by Gasteiger charge is 2.51. The molecule has 0 radical (unpaired) electrons. The van der Waals surface area contributed by atoms with Gasteiger partial charge >= 0.3 is 5.69 Å². The molecule has 1 N–H and O–H groups in total. The van der Waals surface area contributed by atoms with Gasteiger partial charge in [0.1, 0.15) is 29.7 Å². The largest absolute Gasteiger partial charge is 0.497 e. The summed E-state index contributed by atoms with van der Waals surface area (Å²) >= 11 is 0. The van der Waals surface area contributed by atoms with E-state index in [4.69, 9.17) is 28.0 Å². The van der Waals surface area contributed by atoms with E-state index < -0.39 is 49.9 Å². The molecule has 4 aromatic rings. The molecule has 0 bridgehead atoms. The Morgan fingerprint density at radius 1 is 0.885 bits per heavy atom. The van der Waals surface area contributed by atoms with E-state index in [1.807, 2.05) is 84.9 Å². The van der Waals surface area contributed by atoms with E-state index >= 15 is 0 Å². The zero-order chi connectivity index (χ0) is 37.3. The zero-order valence-electron chi connectivity index (χ0n) is 30.4. The number of nitriles is 1. The molecule has 12 nitrogen and oxygen atoms in total. The smallest absolute Gasteiger partial charge is 0.330 e. The lowest BCUT2D eigenvalue weighted by Crippen LogP contribution is -2.43. The first-order valence-electron chi connectivity index (χ1n) is 17.3. The number of aromatic amines is 1. The molecule has 1 fully saturated rings. The molecule has 0 aliphatic carbocycles. The van der Waals surface area contributed by atoms with Gasteiger partial charge in [0.2, 0.25) is 0 Å². The van der Waals surface area contributed by atoms with Crippen LogP contribution in [0.1, 0.15) is 57.0 Å². The molecule has 13 heteroatoms. The van der Waals surface area contributed by atoms with E-state index in [1.54, 1.807) is 7.11 Å². The molecule has 5 rings (SSSR count). The molecule has 1 aromatic heterocycles. The fourth-order valence-electron chi connectivity index (χ4n) is 6.60. The number of H-pyrrole nitrogens is 1. The lowest BCUT2D eigenvalue weighted by Gasteiger charge is -2.39. The maximum absolute atomic E-state index is 13.1. The summed E-state index contributed by atoms with van der Waals surface area (Å²) in [5.74, 6) is 0.702. The molecule has 276 valence electrons. The van der Waals surface area contributed by atoms with Crippen LogP contribution in [0.2, 0.25) is 0 Å². The van der Waals surface area contributed by atoms with E-state index in [-0.39, 0.29) is 31.7 Å². The van der Waals surface area contributed by atoms with E-state index in [0.717, 1.165) is 16.7 Å². The van der Waals surface area contributed by atoms with Gasteiger partial charge in [-0.25, -0.2) is 9.46 Å². The van der Waals surface area contributed by atoms with Crippen LogP contribution in [0.3, 0.4) is 0 Å². The summed E-state index contributed by atoms with van der Waals surface area (Å²) < 4.78 is 42.0. The minimum absolute atomic E-state index is 0.0142. The van der Waals surface area contributed by atoms with Gasteiger partial charge in [-0.3, -0.25) is 14.3 Å². The number of benzene rings is 3. The standard InChI is InChI=1S/C39H47N4O8P/c1-27(2)43(28(3)4)52(49-25-13-23-40)51-35-33(50-37(36(35)47-6)42-24-22-34(44)41-38(42)45)26-48-39(29-14-9-7-10-15-29,30-16-11-8-12-17-30)31-18-20-32(46-5)21-19-31/h7-12,14-22,24,27-28,33,35-37H,13,25-26H2,1-6H3,(H,41,44,45)/t33-,35-,36-,37-,52?/m1/s1. The van der Waals surface area contributed by atoms with Gasteiger partial charge in [-0.2, -0.15) is 5.26 Å². The Morgan fingerprint density at radius 2 is 1.48 bits per heavy atom. The second kappa shape index (κ2) is 18.0.